The quantitative estimate of drug-likeness (QED) is 0.621. The Morgan fingerprint density at radius 3 is 2.70 bits per heavy atom. The minimum absolute atomic E-state index is 0.135. The van der Waals surface area contributed by atoms with Gasteiger partial charge in [-0.25, -0.2) is 14.4 Å². The smallest absolute Gasteiger partial charge is 0.252 e. The highest BCUT2D eigenvalue weighted by atomic mass is 127. The van der Waals surface area contributed by atoms with Crippen molar-refractivity contribution in [3.8, 4) is 0 Å². The van der Waals surface area contributed by atoms with Gasteiger partial charge in [-0.2, -0.15) is 0 Å². The molecule has 0 aliphatic heterocycles. The molecular formula is C13H12FIN4O. The predicted molar refractivity (Wildman–Crippen MR) is 81.6 cm³/mol. The lowest BCUT2D eigenvalue weighted by molar-refractivity contribution is 0.0999. The highest BCUT2D eigenvalue weighted by Crippen LogP contribution is 2.21. The molecule has 0 spiro atoms. The molecule has 2 rings (SSSR count). The van der Waals surface area contributed by atoms with Crippen LogP contribution in [0.25, 0.3) is 0 Å². The summed E-state index contributed by atoms with van der Waals surface area (Å²) in [5, 5.41) is 0. The van der Waals surface area contributed by atoms with Crippen molar-refractivity contribution in [3.63, 3.8) is 0 Å². The number of nitrogens with two attached hydrogens (primary N) is 2. The van der Waals surface area contributed by atoms with E-state index in [9.17, 15) is 9.18 Å². The van der Waals surface area contributed by atoms with Gasteiger partial charge < -0.3 is 11.5 Å². The second-order valence-electron chi connectivity index (χ2n) is 4.30. The number of aryl methyl sites for hydroxylation is 1. The Hall–Kier alpha value is -1.77. The summed E-state index contributed by atoms with van der Waals surface area (Å²) in [5.41, 5.74) is 12.4. The van der Waals surface area contributed by atoms with Crippen LogP contribution in [0.4, 0.5) is 10.1 Å². The van der Waals surface area contributed by atoms with Crippen LogP contribution in [-0.2, 0) is 6.42 Å². The summed E-state index contributed by atoms with van der Waals surface area (Å²) in [6.07, 6.45) is 1.74. The van der Waals surface area contributed by atoms with Gasteiger partial charge in [0.05, 0.1) is 16.9 Å². The molecule has 5 nitrogen and oxygen atoms in total. The molecule has 0 unspecified atom stereocenters. The third-order valence-corrected chi connectivity index (χ3v) is 3.69. The average Bonchev–Trinajstić information content (AvgIpc) is 2.35. The Morgan fingerprint density at radius 2 is 2.15 bits per heavy atom. The minimum atomic E-state index is -0.567. The molecule has 4 N–H and O–H groups in total. The number of carbonyl (C=O) groups is 1. The fraction of sp³-hybridized carbons (Fsp3) is 0.154. The van der Waals surface area contributed by atoms with E-state index in [4.69, 9.17) is 11.5 Å². The maximum absolute atomic E-state index is 13.6. The maximum atomic E-state index is 13.6. The molecule has 7 heteroatoms. The van der Waals surface area contributed by atoms with Gasteiger partial charge in [0.2, 0.25) is 0 Å². The molecule has 20 heavy (non-hydrogen) atoms. The SMILES string of the molecule is Cc1nc(Cc2cc(F)c(N)c(I)c2)ncc1C(N)=O. The summed E-state index contributed by atoms with van der Waals surface area (Å²) >= 11 is 1.97. The van der Waals surface area contributed by atoms with E-state index in [1.165, 1.54) is 12.3 Å². The number of anilines is 1. The molecule has 1 aromatic carbocycles. The first-order chi connectivity index (χ1) is 9.38. The van der Waals surface area contributed by atoms with Gasteiger partial charge in [-0.1, -0.05) is 0 Å². The van der Waals surface area contributed by atoms with Crippen LogP contribution in [0.3, 0.4) is 0 Å². The van der Waals surface area contributed by atoms with Crippen LogP contribution in [-0.4, -0.2) is 15.9 Å². The Bertz CT molecular complexity index is 667. The van der Waals surface area contributed by atoms with Gasteiger partial charge in [0.1, 0.15) is 11.6 Å². The summed E-state index contributed by atoms with van der Waals surface area (Å²) in [6, 6.07) is 3.14. The molecule has 0 radical (unpaired) electrons. The number of nitrogen functional groups attached to an aromatic ring is 1. The predicted octanol–water partition coefficient (Wildman–Crippen LogP) is 1.80. The van der Waals surface area contributed by atoms with Crippen LogP contribution >= 0.6 is 22.6 Å². The van der Waals surface area contributed by atoms with Gasteiger partial charge in [0.15, 0.2) is 0 Å². The second-order valence-corrected chi connectivity index (χ2v) is 5.46. The number of hydrogen-bond acceptors (Lipinski definition) is 4. The Morgan fingerprint density at radius 1 is 1.45 bits per heavy atom. The molecule has 0 aliphatic carbocycles. The zero-order valence-corrected chi connectivity index (χ0v) is 12.8. The number of nitrogens with zero attached hydrogens (tertiary/aromatic N) is 2. The summed E-state index contributed by atoms with van der Waals surface area (Å²) < 4.78 is 14.2. The minimum Gasteiger partial charge on any atom is -0.395 e. The molecule has 2 aromatic rings. The first-order valence-electron chi connectivity index (χ1n) is 5.74. The van der Waals surface area contributed by atoms with E-state index in [1.807, 2.05) is 22.6 Å². The first kappa shape index (κ1) is 14.6. The average molecular weight is 386 g/mol. The van der Waals surface area contributed by atoms with Crippen LogP contribution in [0.15, 0.2) is 18.3 Å². The molecule has 0 saturated carbocycles. The summed E-state index contributed by atoms with van der Waals surface area (Å²) in [7, 11) is 0. The highest BCUT2D eigenvalue weighted by Gasteiger charge is 2.11. The number of amides is 1. The van der Waals surface area contributed by atoms with Crippen LogP contribution < -0.4 is 11.5 Å². The topological polar surface area (TPSA) is 94.9 Å². The van der Waals surface area contributed by atoms with Crippen molar-refractivity contribution in [3.05, 3.63) is 50.4 Å². The summed E-state index contributed by atoms with van der Waals surface area (Å²) in [6.45, 7) is 1.68. The lowest BCUT2D eigenvalue weighted by Gasteiger charge is -2.07. The highest BCUT2D eigenvalue weighted by molar-refractivity contribution is 14.1. The summed E-state index contributed by atoms with van der Waals surface area (Å²) in [4.78, 5) is 19.4. The molecule has 104 valence electrons. The van der Waals surface area contributed by atoms with E-state index in [0.29, 0.717) is 27.1 Å². The Balaban J connectivity index is 2.31. The van der Waals surface area contributed by atoms with E-state index in [1.54, 1.807) is 13.0 Å². The second kappa shape index (κ2) is 5.70. The number of primary amides is 1. The molecule has 0 fully saturated rings. The molecule has 0 bridgehead atoms. The largest absolute Gasteiger partial charge is 0.395 e. The first-order valence-corrected chi connectivity index (χ1v) is 6.82. The number of benzene rings is 1. The number of halogens is 2. The van der Waals surface area contributed by atoms with E-state index >= 15 is 0 Å². The van der Waals surface area contributed by atoms with E-state index in [0.717, 1.165) is 0 Å². The van der Waals surface area contributed by atoms with E-state index < -0.39 is 11.7 Å². The maximum Gasteiger partial charge on any atom is 0.252 e. The molecule has 0 atom stereocenters. The zero-order chi connectivity index (χ0) is 14.9. The standard InChI is InChI=1S/C13H12FIN4O/c1-6-8(13(17)20)5-18-11(19-6)4-7-2-9(14)12(16)10(15)3-7/h2-3,5H,4,16H2,1H3,(H2,17,20). The van der Waals surface area contributed by atoms with Crippen LogP contribution in [0.5, 0.6) is 0 Å². The molecule has 1 heterocycles. The Labute approximate surface area is 128 Å². The van der Waals surface area contributed by atoms with Crippen molar-refractivity contribution in [1.82, 2.24) is 9.97 Å². The van der Waals surface area contributed by atoms with Crippen molar-refractivity contribution in [2.45, 2.75) is 13.3 Å². The van der Waals surface area contributed by atoms with Gasteiger partial charge in [0, 0.05) is 16.2 Å². The van der Waals surface area contributed by atoms with Crippen LogP contribution in [0.2, 0.25) is 0 Å². The van der Waals surface area contributed by atoms with Crippen molar-refractivity contribution >= 4 is 34.2 Å². The van der Waals surface area contributed by atoms with E-state index in [-0.39, 0.29) is 11.3 Å². The van der Waals surface area contributed by atoms with Crippen molar-refractivity contribution in [2.24, 2.45) is 5.73 Å². The van der Waals surface area contributed by atoms with Crippen molar-refractivity contribution < 1.29 is 9.18 Å². The van der Waals surface area contributed by atoms with Gasteiger partial charge in [0.25, 0.3) is 5.91 Å². The lowest BCUT2D eigenvalue weighted by atomic mass is 10.1. The molecular weight excluding hydrogens is 374 g/mol. The third-order valence-electron chi connectivity index (χ3n) is 2.80. The normalized spacial score (nSPS) is 10.6. The van der Waals surface area contributed by atoms with Gasteiger partial charge in [-0.3, -0.25) is 4.79 Å². The molecule has 1 aromatic heterocycles. The van der Waals surface area contributed by atoms with Crippen LogP contribution in [0, 0.1) is 16.3 Å². The number of rotatable bonds is 3. The zero-order valence-electron chi connectivity index (χ0n) is 10.7. The fourth-order valence-electron chi connectivity index (χ4n) is 1.76. The Kier molecular flexibility index (Phi) is 4.17. The lowest BCUT2D eigenvalue weighted by Crippen LogP contribution is -2.15. The monoisotopic (exact) mass is 386 g/mol. The van der Waals surface area contributed by atoms with Crippen molar-refractivity contribution in [1.29, 1.82) is 0 Å². The van der Waals surface area contributed by atoms with Crippen molar-refractivity contribution in [2.75, 3.05) is 5.73 Å². The summed E-state index contributed by atoms with van der Waals surface area (Å²) in [5.74, 6) is -0.535. The number of aromatic nitrogens is 2. The number of hydrogen-bond donors (Lipinski definition) is 2. The molecule has 0 aliphatic rings. The number of carbonyl (C=O) groups excluding carboxylic acids is 1. The molecule has 1 amide bonds. The van der Waals surface area contributed by atoms with Gasteiger partial charge in [-0.05, 0) is 47.2 Å². The molecule has 0 saturated heterocycles. The third kappa shape index (κ3) is 3.03. The van der Waals surface area contributed by atoms with E-state index in [2.05, 4.69) is 9.97 Å². The van der Waals surface area contributed by atoms with Crippen LogP contribution in [0.1, 0.15) is 27.4 Å². The van der Waals surface area contributed by atoms with Gasteiger partial charge in [-0.15, -0.1) is 0 Å². The fourth-order valence-corrected chi connectivity index (χ4v) is 2.42. The van der Waals surface area contributed by atoms with Gasteiger partial charge >= 0.3 is 0 Å².